The van der Waals surface area contributed by atoms with Gasteiger partial charge in [0.1, 0.15) is 0 Å². The van der Waals surface area contributed by atoms with Crippen LogP contribution < -0.4 is 21.3 Å². The maximum atomic E-state index is 3.92. The first-order valence-electron chi connectivity index (χ1n) is 21.2. The molecule has 0 fully saturated rings. The predicted molar refractivity (Wildman–Crippen MR) is 219 cm³/mol. The molecule has 0 aliphatic rings. The zero-order chi connectivity index (χ0) is 34.7. The number of hydrogen-bond acceptors (Lipinski definition) is 4. The Morgan fingerprint density at radius 3 is 1.15 bits per heavy atom. The Morgan fingerprint density at radius 2 is 0.729 bits per heavy atom. The summed E-state index contributed by atoms with van der Waals surface area (Å²) in [5, 5.41) is 14.2. The molecule has 0 radical (unpaired) electrons. The van der Waals surface area contributed by atoms with Gasteiger partial charge in [0, 0.05) is 45.3 Å². The van der Waals surface area contributed by atoms with Crippen molar-refractivity contribution in [3.05, 3.63) is 48.6 Å². The molecule has 4 heteroatoms. The van der Waals surface area contributed by atoms with E-state index in [1.807, 2.05) is 7.05 Å². The lowest BCUT2D eigenvalue weighted by Gasteiger charge is -2.19. The van der Waals surface area contributed by atoms with Crippen LogP contribution in [0, 0.1) is 0 Å². The first kappa shape index (κ1) is 46.8. The van der Waals surface area contributed by atoms with Gasteiger partial charge in [-0.1, -0.05) is 152 Å². The average Bonchev–Trinajstić information content (AvgIpc) is 3.10. The number of rotatable bonds is 40. The molecule has 0 saturated carbocycles. The van der Waals surface area contributed by atoms with Gasteiger partial charge in [-0.2, -0.15) is 0 Å². The molecular formula is C44H86N4. The second kappa shape index (κ2) is 43.8. The van der Waals surface area contributed by atoms with E-state index in [1.54, 1.807) is 0 Å². The lowest BCUT2D eigenvalue weighted by atomic mass is 9.99. The van der Waals surface area contributed by atoms with Crippen LogP contribution in [0.3, 0.4) is 0 Å². The van der Waals surface area contributed by atoms with E-state index < -0.39 is 0 Å². The molecule has 4 nitrogen and oxygen atoms in total. The fourth-order valence-electron chi connectivity index (χ4n) is 6.11. The van der Waals surface area contributed by atoms with Crippen molar-refractivity contribution in [3.63, 3.8) is 0 Å². The first-order valence-corrected chi connectivity index (χ1v) is 21.2. The molecule has 0 rings (SSSR count). The highest BCUT2D eigenvalue weighted by molar-refractivity contribution is 4.93. The average molecular weight is 671 g/mol. The summed E-state index contributed by atoms with van der Waals surface area (Å²) >= 11 is 0. The predicted octanol–water partition coefficient (Wildman–Crippen LogP) is 11.8. The van der Waals surface area contributed by atoms with Crippen LogP contribution in [0.1, 0.15) is 181 Å². The Bertz CT molecular complexity index is 650. The van der Waals surface area contributed by atoms with E-state index in [4.69, 9.17) is 0 Å². The van der Waals surface area contributed by atoms with E-state index in [1.165, 1.54) is 154 Å². The maximum absolute atomic E-state index is 3.92. The molecule has 48 heavy (non-hydrogen) atoms. The van der Waals surface area contributed by atoms with E-state index >= 15 is 0 Å². The smallest absolute Gasteiger partial charge is 0.00793 e. The highest BCUT2D eigenvalue weighted by atomic mass is 15.0. The molecule has 4 N–H and O–H groups in total. The summed E-state index contributed by atoms with van der Waals surface area (Å²) < 4.78 is 0. The molecule has 0 unspecified atom stereocenters. The second-order valence-corrected chi connectivity index (χ2v) is 14.0. The van der Waals surface area contributed by atoms with Gasteiger partial charge in [-0.3, -0.25) is 0 Å². The summed E-state index contributed by atoms with van der Waals surface area (Å²) in [7, 11) is 2.01. The molecule has 0 aromatic carbocycles. The number of nitrogens with one attached hydrogen (secondary N) is 4. The lowest BCUT2D eigenvalue weighted by molar-refractivity contribution is 0.409. The topological polar surface area (TPSA) is 48.1 Å². The minimum Gasteiger partial charge on any atom is -0.318 e. The molecule has 0 aliphatic heterocycles. The van der Waals surface area contributed by atoms with E-state index in [9.17, 15) is 0 Å². The molecular weight excluding hydrogens is 585 g/mol. The SMILES string of the molecule is CCCCC/C=C\C/C=C\CCCCCCCCC(CCCCCCCC/C=C\C/C=C\CCCCC)NCCNCCNCCNC. The maximum Gasteiger partial charge on any atom is 0.00793 e. The number of unbranched alkanes of at least 4 members (excludes halogenated alkanes) is 18. The first-order chi connectivity index (χ1) is 23.8. The van der Waals surface area contributed by atoms with Crippen LogP contribution in [0.25, 0.3) is 0 Å². The van der Waals surface area contributed by atoms with Gasteiger partial charge < -0.3 is 21.3 Å². The summed E-state index contributed by atoms with van der Waals surface area (Å²) in [6.45, 7) is 10.9. The third kappa shape index (κ3) is 41.0. The van der Waals surface area contributed by atoms with Crippen LogP contribution in [0.15, 0.2) is 48.6 Å². The minimum absolute atomic E-state index is 0.692. The zero-order valence-corrected chi connectivity index (χ0v) is 32.8. The molecule has 0 aliphatic carbocycles. The van der Waals surface area contributed by atoms with Crippen molar-refractivity contribution < 1.29 is 0 Å². The van der Waals surface area contributed by atoms with Crippen LogP contribution in [0.5, 0.6) is 0 Å². The Morgan fingerprint density at radius 1 is 0.375 bits per heavy atom. The summed E-state index contributed by atoms with van der Waals surface area (Å²) in [5.74, 6) is 0. The minimum atomic E-state index is 0.692. The van der Waals surface area contributed by atoms with Crippen molar-refractivity contribution in [1.29, 1.82) is 0 Å². The highest BCUT2D eigenvalue weighted by Gasteiger charge is 2.08. The second-order valence-electron chi connectivity index (χ2n) is 14.0. The molecule has 0 aromatic rings. The van der Waals surface area contributed by atoms with Crippen molar-refractivity contribution in [3.8, 4) is 0 Å². The fraction of sp³-hybridized carbons (Fsp3) is 0.818. The molecule has 0 spiro atoms. The fourth-order valence-corrected chi connectivity index (χ4v) is 6.11. The van der Waals surface area contributed by atoms with Gasteiger partial charge in [0.15, 0.2) is 0 Å². The van der Waals surface area contributed by atoms with Crippen molar-refractivity contribution in [2.45, 2.75) is 187 Å². The van der Waals surface area contributed by atoms with Crippen molar-refractivity contribution in [1.82, 2.24) is 21.3 Å². The highest BCUT2D eigenvalue weighted by Crippen LogP contribution is 2.15. The molecule has 0 saturated heterocycles. The van der Waals surface area contributed by atoms with Gasteiger partial charge in [0.2, 0.25) is 0 Å². The number of likely N-dealkylation sites (N-methyl/N-ethyl adjacent to an activating group) is 1. The summed E-state index contributed by atoms with van der Waals surface area (Å²) in [5.41, 5.74) is 0. The van der Waals surface area contributed by atoms with E-state index in [2.05, 4.69) is 83.7 Å². The van der Waals surface area contributed by atoms with Crippen LogP contribution in [0.4, 0.5) is 0 Å². The molecule has 0 amide bonds. The molecule has 0 atom stereocenters. The Balaban J connectivity index is 3.99. The van der Waals surface area contributed by atoms with Gasteiger partial charge in [0.05, 0.1) is 0 Å². The van der Waals surface area contributed by atoms with Gasteiger partial charge in [0.25, 0.3) is 0 Å². The van der Waals surface area contributed by atoms with Gasteiger partial charge >= 0.3 is 0 Å². The van der Waals surface area contributed by atoms with Crippen molar-refractivity contribution >= 4 is 0 Å². The third-order valence-electron chi connectivity index (χ3n) is 9.27. The standard InChI is InChI=1S/C44H86N4/c1-4-6-8-10-12-14-16-18-20-22-24-26-28-30-32-34-36-44(48-43-42-47-41-40-46-39-38-45-3)37-35-33-31-29-27-25-23-21-19-17-15-13-11-9-7-5-2/h12-15,18-21,44-48H,4-11,16-17,22-43H2,1-3H3/b14-12-,15-13-,20-18-,21-19-. The van der Waals surface area contributed by atoms with Crippen LogP contribution in [0.2, 0.25) is 0 Å². The summed E-state index contributed by atoms with van der Waals surface area (Å²) in [6.07, 6.45) is 53.6. The monoisotopic (exact) mass is 671 g/mol. The molecule has 0 heterocycles. The normalized spacial score (nSPS) is 12.4. The quantitative estimate of drug-likeness (QED) is 0.0387. The van der Waals surface area contributed by atoms with E-state index in [0.717, 1.165) is 52.1 Å². The Labute approximate surface area is 302 Å². The summed E-state index contributed by atoms with van der Waals surface area (Å²) in [6, 6.07) is 0.692. The molecule has 0 aromatic heterocycles. The van der Waals surface area contributed by atoms with Crippen LogP contribution >= 0.6 is 0 Å². The number of allylic oxidation sites excluding steroid dienone is 8. The van der Waals surface area contributed by atoms with Gasteiger partial charge in [-0.25, -0.2) is 0 Å². The Hall–Kier alpha value is -1.20. The van der Waals surface area contributed by atoms with Gasteiger partial charge in [-0.15, -0.1) is 0 Å². The van der Waals surface area contributed by atoms with Crippen molar-refractivity contribution in [2.75, 3.05) is 46.3 Å². The summed E-state index contributed by atoms with van der Waals surface area (Å²) in [4.78, 5) is 0. The Kier molecular flexibility index (Phi) is 42.7. The van der Waals surface area contributed by atoms with Crippen LogP contribution in [-0.4, -0.2) is 52.4 Å². The third-order valence-corrected chi connectivity index (χ3v) is 9.27. The molecule has 0 bridgehead atoms. The van der Waals surface area contributed by atoms with Crippen LogP contribution in [-0.2, 0) is 0 Å². The zero-order valence-electron chi connectivity index (χ0n) is 32.8. The van der Waals surface area contributed by atoms with Crippen molar-refractivity contribution in [2.24, 2.45) is 0 Å². The van der Waals surface area contributed by atoms with E-state index in [-0.39, 0.29) is 0 Å². The number of hydrogen-bond donors (Lipinski definition) is 4. The lowest BCUT2D eigenvalue weighted by Crippen LogP contribution is -2.37. The van der Waals surface area contributed by atoms with E-state index in [0.29, 0.717) is 6.04 Å². The largest absolute Gasteiger partial charge is 0.318 e. The van der Waals surface area contributed by atoms with Gasteiger partial charge in [-0.05, 0) is 84.1 Å². The molecule has 282 valence electrons.